The molecule has 2 atom stereocenters. The summed E-state index contributed by atoms with van der Waals surface area (Å²) in [6.45, 7) is 3.83. The van der Waals surface area contributed by atoms with Crippen LogP contribution in [0.2, 0.25) is 0 Å². The van der Waals surface area contributed by atoms with E-state index in [1.807, 2.05) is 0 Å². The van der Waals surface area contributed by atoms with Crippen molar-refractivity contribution < 1.29 is 4.74 Å². The molecule has 2 aliphatic rings. The average Bonchev–Trinajstić information content (AvgIpc) is 2.83. The summed E-state index contributed by atoms with van der Waals surface area (Å²) in [6.07, 6.45) is 7.62. The molecular formula is C14H24N2O. The van der Waals surface area contributed by atoms with Crippen LogP contribution in [0.3, 0.4) is 0 Å². The summed E-state index contributed by atoms with van der Waals surface area (Å²) >= 11 is 0. The zero-order valence-corrected chi connectivity index (χ0v) is 11.1. The van der Waals surface area contributed by atoms with Gasteiger partial charge in [-0.05, 0) is 33.2 Å². The maximum atomic E-state index is 8.68. The van der Waals surface area contributed by atoms with Crippen LogP contribution in [0.4, 0.5) is 0 Å². The van der Waals surface area contributed by atoms with Gasteiger partial charge in [-0.2, -0.15) is 5.26 Å². The van der Waals surface area contributed by atoms with Gasteiger partial charge in [0.1, 0.15) is 0 Å². The Balaban J connectivity index is 1.97. The molecule has 0 aromatic heterocycles. The predicted molar refractivity (Wildman–Crippen MR) is 67.6 cm³/mol. The van der Waals surface area contributed by atoms with Crippen LogP contribution in [0.15, 0.2) is 0 Å². The first-order chi connectivity index (χ1) is 8.24. The van der Waals surface area contributed by atoms with Crippen molar-refractivity contribution in [2.45, 2.75) is 57.6 Å². The van der Waals surface area contributed by atoms with Crippen LogP contribution in [0.1, 0.15) is 45.4 Å². The number of nitriles is 1. The van der Waals surface area contributed by atoms with Crippen LogP contribution in [0.25, 0.3) is 0 Å². The van der Waals surface area contributed by atoms with Crippen LogP contribution < -0.4 is 0 Å². The lowest BCUT2D eigenvalue weighted by atomic mass is 9.60. The molecule has 2 rings (SSSR count). The van der Waals surface area contributed by atoms with E-state index >= 15 is 0 Å². The van der Waals surface area contributed by atoms with Crippen LogP contribution in [0, 0.1) is 16.7 Å². The predicted octanol–water partition coefficient (Wildman–Crippen LogP) is 2.57. The number of hydrogen-bond acceptors (Lipinski definition) is 3. The third kappa shape index (κ3) is 2.21. The average molecular weight is 236 g/mol. The van der Waals surface area contributed by atoms with Gasteiger partial charge >= 0.3 is 0 Å². The second-order valence-electron chi connectivity index (χ2n) is 5.52. The van der Waals surface area contributed by atoms with Crippen molar-refractivity contribution in [1.82, 2.24) is 4.90 Å². The van der Waals surface area contributed by atoms with Gasteiger partial charge in [-0.3, -0.25) is 0 Å². The van der Waals surface area contributed by atoms with Gasteiger partial charge in [-0.15, -0.1) is 0 Å². The third-order valence-corrected chi connectivity index (χ3v) is 4.75. The van der Waals surface area contributed by atoms with Crippen molar-refractivity contribution >= 4 is 0 Å². The molecule has 0 aromatic rings. The van der Waals surface area contributed by atoms with Gasteiger partial charge in [0.05, 0.1) is 12.2 Å². The molecule has 3 heteroatoms. The number of hydrogen-bond donors (Lipinski definition) is 0. The highest BCUT2D eigenvalue weighted by Crippen LogP contribution is 2.56. The summed E-state index contributed by atoms with van der Waals surface area (Å²) in [4.78, 5) is 2.39. The van der Waals surface area contributed by atoms with Gasteiger partial charge in [0, 0.05) is 31.0 Å². The fraction of sp³-hybridized carbons (Fsp3) is 0.929. The molecule has 2 fully saturated rings. The topological polar surface area (TPSA) is 36.3 Å². The first kappa shape index (κ1) is 12.9. The third-order valence-electron chi connectivity index (χ3n) is 4.75. The zero-order valence-electron chi connectivity index (χ0n) is 11.1. The first-order valence-corrected chi connectivity index (χ1v) is 6.93. The molecule has 0 unspecified atom stereocenters. The fourth-order valence-corrected chi connectivity index (χ4v) is 3.85. The molecule has 0 N–H and O–H groups in total. The molecule has 2 aliphatic carbocycles. The molecular weight excluding hydrogens is 212 g/mol. The van der Waals surface area contributed by atoms with E-state index < -0.39 is 0 Å². The summed E-state index contributed by atoms with van der Waals surface area (Å²) in [5.74, 6) is 0. The number of rotatable bonds is 5. The Kier molecular flexibility index (Phi) is 4.06. The lowest BCUT2D eigenvalue weighted by Crippen LogP contribution is -2.63. The largest absolute Gasteiger partial charge is 0.378 e. The smallest absolute Gasteiger partial charge is 0.0661 e. The fourth-order valence-electron chi connectivity index (χ4n) is 3.85. The van der Waals surface area contributed by atoms with Crippen molar-refractivity contribution in [3.63, 3.8) is 0 Å². The minimum atomic E-state index is 0.417. The molecule has 0 bridgehead atoms. The van der Waals surface area contributed by atoms with Crippen molar-refractivity contribution in [2.24, 2.45) is 5.41 Å². The van der Waals surface area contributed by atoms with E-state index in [1.165, 1.54) is 25.7 Å². The van der Waals surface area contributed by atoms with Crippen LogP contribution in [-0.4, -0.2) is 37.2 Å². The van der Waals surface area contributed by atoms with E-state index in [-0.39, 0.29) is 0 Å². The van der Waals surface area contributed by atoms with E-state index in [9.17, 15) is 0 Å². The highest BCUT2D eigenvalue weighted by molar-refractivity contribution is 5.10. The Morgan fingerprint density at radius 1 is 1.41 bits per heavy atom. The highest BCUT2D eigenvalue weighted by atomic mass is 16.5. The standard InChI is InChI=1S/C14H24N2O/c1-3-17-13-11-12(16(2)10-6-9-15)14(13)7-4-5-8-14/h12-13H,3-8,10-11H2,1-2H3/t12-,13-/m0/s1. The van der Waals surface area contributed by atoms with Crippen molar-refractivity contribution in [3.8, 4) is 6.07 Å². The summed E-state index contributed by atoms with van der Waals surface area (Å²) in [5, 5.41) is 8.68. The summed E-state index contributed by atoms with van der Waals surface area (Å²) in [7, 11) is 2.17. The zero-order chi connectivity index (χ0) is 12.3. The Labute approximate surface area is 105 Å². The SMILES string of the molecule is CCO[C@H]1C[C@H](N(C)CCC#N)C12CCCC2. The summed E-state index contributed by atoms with van der Waals surface area (Å²) < 4.78 is 5.91. The van der Waals surface area contributed by atoms with Gasteiger partial charge < -0.3 is 9.64 Å². The highest BCUT2D eigenvalue weighted by Gasteiger charge is 2.57. The normalized spacial score (nSPS) is 30.5. The maximum absolute atomic E-state index is 8.68. The Morgan fingerprint density at radius 3 is 2.71 bits per heavy atom. The lowest BCUT2D eigenvalue weighted by Gasteiger charge is -2.57. The Bertz CT molecular complexity index is 291. The van der Waals surface area contributed by atoms with Gasteiger partial charge in [0.2, 0.25) is 0 Å². The second kappa shape index (κ2) is 5.37. The molecule has 0 heterocycles. The molecule has 3 nitrogen and oxygen atoms in total. The van der Waals surface area contributed by atoms with Crippen molar-refractivity contribution in [3.05, 3.63) is 0 Å². The van der Waals surface area contributed by atoms with Crippen molar-refractivity contribution in [1.29, 1.82) is 5.26 Å². The first-order valence-electron chi connectivity index (χ1n) is 6.93. The molecule has 96 valence electrons. The van der Waals surface area contributed by atoms with E-state index in [0.717, 1.165) is 19.6 Å². The molecule has 2 saturated carbocycles. The lowest BCUT2D eigenvalue weighted by molar-refractivity contribution is -0.160. The van der Waals surface area contributed by atoms with Gasteiger partial charge in [0.15, 0.2) is 0 Å². The summed E-state index contributed by atoms with van der Waals surface area (Å²) in [5.41, 5.74) is 0.417. The van der Waals surface area contributed by atoms with E-state index in [0.29, 0.717) is 24.0 Å². The van der Waals surface area contributed by atoms with Crippen molar-refractivity contribution in [2.75, 3.05) is 20.2 Å². The molecule has 0 amide bonds. The second-order valence-corrected chi connectivity index (χ2v) is 5.52. The molecule has 17 heavy (non-hydrogen) atoms. The molecule has 0 aromatic carbocycles. The monoisotopic (exact) mass is 236 g/mol. The van der Waals surface area contributed by atoms with E-state index in [4.69, 9.17) is 10.00 Å². The van der Waals surface area contributed by atoms with Crippen LogP contribution in [0.5, 0.6) is 0 Å². The summed E-state index contributed by atoms with van der Waals surface area (Å²) in [6, 6.07) is 2.89. The maximum Gasteiger partial charge on any atom is 0.0661 e. The Morgan fingerprint density at radius 2 is 2.12 bits per heavy atom. The molecule has 1 spiro atoms. The molecule has 0 aliphatic heterocycles. The van der Waals surface area contributed by atoms with Gasteiger partial charge in [0.25, 0.3) is 0 Å². The van der Waals surface area contributed by atoms with E-state index in [2.05, 4.69) is 24.9 Å². The van der Waals surface area contributed by atoms with Gasteiger partial charge in [-0.25, -0.2) is 0 Å². The minimum Gasteiger partial charge on any atom is -0.378 e. The van der Waals surface area contributed by atoms with Crippen LogP contribution in [-0.2, 0) is 4.74 Å². The minimum absolute atomic E-state index is 0.417. The molecule has 0 saturated heterocycles. The number of ether oxygens (including phenoxy) is 1. The Hall–Kier alpha value is -0.590. The quantitative estimate of drug-likeness (QED) is 0.736. The van der Waals surface area contributed by atoms with Crippen LogP contribution >= 0.6 is 0 Å². The number of nitrogens with zero attached hydrogens (tertiary/aromatic N) is 2. The van der Waals surface area contributed by atoms with Gasteiger partial charge in [-0.1, -0.05) is 12.8 Å². The van der Waals surface area contributed by atoms with E-state index in [1.54, 1.807) is 0 Å². The molecule has 0 radical (unpaired) electrons.